The predicted octanol–water partition coefficient (Wildman–Crippen LogP) is 0.803. The number of nitrogens with two attached hydrogens (primary N) is 1. The molecule has 0 spiro atoms. The first-order valence-electron chi connectivity index (χ1n) is 8.12. The van der Waals surface area contributed by atoms with Crippen LogP contribution in [0.5, 0.6) is 0 Å². The maximum atomic E-state index is 5.95. The van der Waals surface area contributed by atoms with Gasteiger partial charge in [-0.1, -0.05) is 0 Å². The molecule has 1 saturated heterocycles. The molecule has 0 amide bonds. The van der Waals surface area contributed by atoms with Gasteiger partial charge in [0.1, 0.15) is 0 Å². The number of nitrogens with zero attached hydrogens (tertiary/aromatic N) is 2. The molecule has 114 valence electrons. The van der Waals surface area contributed by atoms with Crippen LogP contribution < -0.4 is 11.1 Å². The number of morpholine rings is 1. The summed E-state index contributed by atoms with van der Waals surface area (Å²) in [6.07, 6.45) is 6.69. The van der Waals surface area contributed by atoms with Crippen molar-refractivity contribution in [3.63, 3.8) is 0 Å². The summed E-state index contributed by atoms with van der Waals surface area (Å²) in [4.78, 5) is 7.00. The number of nitrogens with one attached hydrogen (secondary N) is 1. The van der Waals surface area contributed by atoms with E-state index in [2.05, 4.69) is 15.2 Å². The largest absolute Gasteiger partial charge is 0.379 e. The van der Waals surface area contributed by atoms with Crippen molar-refractivity contribution in [2.24, 2.45) is 22.1 Å². The summed E-state index contributed by atoms with van der Waals surface area (Å²) >= 11 is 0. The Morgan fingerprint density at radius 1 is 1.30 bits per heavy atom. The van der Waals surface area contributed by atoms with Gasteiger partial charge in [-0.25, -0.2) is 0 Å². The standard InChI is InChI=1S/C15H28N4O/c16-14(18-12-15(4-5-15)13-2-3-13)17-6-1-7-19-8-10-20-11-9-19/h13H,1-12H2,(H3,16,17,18). The zero-order valence-electron chi connectivity index (χ0n) is 12.4. The Labute approximate surface area is 121 Å². The lowest BCUT2D eigenvalue weighted by Crippen LogP contribution is -2.39. The summed E-state index contributed by atoms with van der Waals surface area (Å²) in [6, 6.07) is 0. The molecule has 0 aromatic carbocycles. The van der Waals surface area contributed by atoms with E-state index in [9.17, 15) is 0 Å². The molecule has 0 unspecified atom stereocenters. The maximum Gasteiger partial charge on any atom is 0.188 e. The summed E-state index contributed by atoms with van der Waals surface area (Å²) in [6.45, 7) is 6.86. The van der Waals surface area contributed by atoms with Crippen LogP contribution in [0.4, 0.5) is 0 Å². The van der Waals surface area contributed by atoms with Crippen LogP contribution >= 0.6 is 0 Å². The fourth-order valence-corrected chi connectivity index (χ4v) is 3.19. The molecule has 3 N–H and O–H groups in total. The van der Waals surface area contributed by atoms with Crippen molar-refractivity contribution in [1.29, 1.82) is 0 Å². The molecule has 5 nitrogen and oxygen atoms in total. The van der Waals surface area contributed by atoms with Crippen LogP contribution in [0, 0.1) is 11.3 Å². The Hall–Kier alpha value is -0.810. The minimum absolute atomic E-state index is 0.556. The quantitative estimate of drug-likeness (QED) is 0.411. The van der Waals surface area contributed by atoms with E-state index in [1.54, 1.807) is 0 Å². The van der Waals surface area contributed by atoms with Crippen LogP contribution in [0.1, 0.15) is 32.1 Å². The van der Waals surface area contributed by atoms with Crippen molar-refractivity contribution >= 4 is 5.96 Å². The van der Waals surface area contributed by atoms with Gasteiger partial charge in [-0.15, -0.1) is 0 Å². The lowest BCUT2D eigenvalue weighted by Gasteiger charge is -2.26. The predicted molar refractivity (Wildman–Crippen MR) is 80.8 cm³/mol. The van der Waals surface area contributed by atoms with Crippen molar-refractivity contribution in [2.45, 2.75) is 32.1 Å². The molecular formula is C15H28N4O. The number of aliphatic imine (C=N–C) groups is 1. The van der Waals surface area contributed by atoms with E-state index in [1.807, 2.05) is 0 Å². The molecule has 5 heteroatoms. The van der Waals surface area contributed by atoms with Crippen LogP contribution in [0.2, 0.25) is 0 Å². The third kappa shape index (κ3) is 3.85. The van der Waals surface area contributed by atoms with E-state index in [4.69, 9.17) is 10.5 Å². The van der Waals surface area contributed by atoms with Crippen molar-refractivity contribution in [2.75, 3.05) is 45.9 Å². The van der Waals surface area contributed by atoms with Gasteiger partial charge in [-0.3, -0.25) is 9.89 Å². The third-order valence-corrected chi connectivity index (χ3v) is 4.96. The molecular weight excluding hydrogens is 252 g/mol. The SMILES string of the molecule is NC(=NCC1(C2CC2)CC1)NCCCN1CCOCC1. The van der Waals surface area contributed by atoms with E-state index >= 15 is 0 Å². The molecule has 1 heterocycles. The Morgan fingerprint density at radius 2 is 2.05 bits per heavy atom. The van der Waals surface area contributed by atoms with Crippen LogP contribution in [-0.4, -0.2) is 56.8 Å². The minimum atomic E-state index is 0.556. The van der Waals surface area contributed by atoms with Crippen LogP contribution in [0.25, 0.3) is 0 Å². The fraction of sp³-hybridized carbons (Fsp3) is 0.933. The number of guanidine groups is 1. The lowest BCUT2D eigenvalue weighted by atomic mass is 10.0. The van der Waals surface area contributed by atoms with Crippen LogP contribution in [-0.2, 0) is 4.74 Å². The monoisotopic (exact) mass is 280 g/mol. The summed E-state index contributed by atoms with van der Waals surface area (Å²) in [5.74, 6) is 1.60. The molecule has 3 rings (SSSR count). The summed E-state index contributed by atoms with van der Waals surface area (Å²) in [5.41, 5.74) is 6.51. The fourth-order valence-electron chi connectivity index (χ4n) is 3.19. The second-order valence-electron chi connectivity index (χ2n) is 6.57. The van der Waals surface area contributed by atoms with Gasteiger partial charge in [0.25, 0.3) is 0 Å². The van der Waals surface area contributed by atoms with Gasteiger partial charge >= 0.3 is 0 Å². The molecule has 0 radical (unpaired) electrons. The van der Waals surface area contributed by atoms with Crippen molar-refractivity contribution in [3.8, 4) is 0 Å². The molecule has 1 aliphatic heterocycles. The first kappa shape index (κ1) is 14.1. The van der Waals surface area contributed by atoms with Crippen LogP contribution in [0.3, 0.4) is 0 Å². The molecule has 20 heavy (non-hydrogen) atoms. The van der Waals surface area contributed by atoms with E-state index in [1.165, 1.54) is 25.7 Å². The highest BCUT2D eigenvalue weighted by Gasteiger charge is 2.53. The average Bonchev–Trinajstić information content (AvgIpc) is 3.35. The Kier molecular flexibility index (Phi) is 4.46. The Morgan fingerprint density at radius 3 is 2.70 bits per heavy atom. The lowest BCUT2D eigenvalue weighted by molar-refractivity contribution is 0.0376. The topological polar surface area (TPSA) is 62.9 Å². The van der Waals surface area contributed by atoms with Gasteiger partial charge < -0.3 is 15.8 Å². The van der Waals surface area contributed by atoms with Crippen LogP contribution in [0.15, 0.2) is 4.99 Å². The molecule has 0 aromatic heterocycles. The van der Waals surface area contributed by atoms with E-state index in [-0.39, 0.29) is 0 Å². The first-order chi connectivity index (χ1) is 9.78. The van der Waals surface area contributed by atoms with Crippen molar-refractivity contribution in [3.05, 3.63) is 0 Å². The van der Waals surface area contributed by atoms with Gasteiger partial charge in [0.05, 0.1) is 13.2 Å². The minimum Gasteiger partial charge on any atom is -0.379 e. The maximum absolute atomic E-state index is 5.95. The van der Waals surface area contributed by atoms with E-state index in [0.717, 1.165) is 58.3 Å². The molecule has 2 saturated carbocycles. The molecule has 3 fully saturated rings. The van der Waals surface area contributed by atoms with E-state index in [0.29, 0.717) is 11.4 Å². The smallest absolute Gasteiger partial charge is 0.188 e. The summed E-state index contributed by atoms with van der Waals surface area (Å²) < 4.78 is 5.34. The van der Waals surface area contributed by atoms with Gasteiger partial charge in [-0.05, 0) is 50.0 Å². The third-order valence-electron chi connectivity index (χ3n) is 4.96. The van der Waals surface area contributed by atoms with Gasteiger partial charge in [0.15, 0.2) is 5.96 Å². The molecule has 0 aromatic rings. The van der Waals surface area contributed by atoms with Gasteiger partial charge in [-0.2, -0.15) is 0 Å². The number of hydrogen-bond acceptors (Lipinski definition) is 3. The first-order valence-corrected chi connectivity index (χ1v) is 8.12. The molecule has 3 aliphatic rings. The highest BCUT2D eigenvalue weighted by molar-refractivity contribution is 5.77. The van der Waals surface area contributed by atoms with Gasteiger partial charge in [0, 0.05) is 26.2 Å². The van der Waals surface area contributed by atoms with Crippen molar-refractivity contribution < 1.29 is 4.74 Å². The second-order valence-corrected chi connectivity index (χ2v) is 6.57. The normalized spacial score (nSPS) is 26.5. The number of hydrogen-bond donors (Lipinski definition) is 2. The zero-order valence-corrected chi connectivity index (χ0v) is 12.4. The molecule has 0 atom stereocenters. The highest BCUT2D eigenvalue weighted by Crippen LogP contribution is 2.61. The molecule has 2 aliphatic carbocycles. The number of ether oxygens (including phenoxy) is 1. The summed E-state index contributed by atoms with van der Waals surface area (Å²) in [5, 5.41) is 3.25. The molecule has 0 bridgehead atoms. The summed E-state index contributed by atoms with van der Waals surface area (Å²) in [7, 11) is 0. The van der Waals surface area contributed by atoms with Gasteiger partial charge in [0.2, 0.25) is 0 Å². The van der Waals surface area contributed by atoms with Crippen molar-refractivity contribution in [1.82, 2.24) is 10.2 Å². The Bertz CT molecular complexity index is 344. The highest BCUT2D eigenvalue weighted by atomic mass is 16.5. The Balaban J connectivity index is 1.27. The average molecular weight is 280 g/mol. The zero-order chi connectivity index (χ0) is 13.8. The number of rotatable bonds is 7. The van der Waals surface area contributed by atoms with E-state index < -0.39 is 0 Å². The second kappa shape index (κ2) is 6.31.